The number of carbonyl (C=O) groups is 1. The Morgan fingerprint density at radius 2 is 1.66 bits per heavy atom. The summed E-state index contributed by atoms with van der Waals surface area (Å²) in [5.41, 5.74) is 0.147. The number of benzene rings is 2. The van der Waals surface area contributed by atoms with E-state index in [0.29, 0.717) is 5.95 Å². The number of hydrogen-bond acceptors (Lipinski definition) is 4. The van der Waals surface area contributed by atoms with E-state index in [4.69, 9.17) is 11.6 Å². The molecule has 182 valence electrons. The Morgan fingerprint density at radius 1 is 0.943 bits per heavy atom. The van der Waals surface area contributed by atoms with Crippen molar-refractivity contribution in [1.82, 2.24) is 15.3 Å². The van der Waals surface area contributed by atoms with Gasteiger partial charge >= 0.3 is 0 Å². The molecule has 11 heteroatoms. The second-order valence-corrected chi connectivity index (χ2v) is 8.52. The van der Waals surface area contributed by atoms with Gasteiger partial charge in [-0.05, 0) is 68.1 Å². The number of guanidine groups is 1. The molecule has 1 fully saturated rings. The summed E-state index contributed by atoms with van der Waals surface area (Å²) in [5, 5.41) is 9.51. The molecule has 3 aromatic rings. The Balaban J connectivity index is 1.47. The van der Waals surface area contributed by atoms with Gasteiger partial charge in [0.1, 0.15) is 5.82 Å². The molecular weight excluding hydrogens is 481 g/mol. The molecular formula is C24H22ClF3N6O. The Labute approximate surface area is 204 Å². The molecule has 0 aliphatic heterocycles. The van der Waals surface area contributed by atoms with Gasteiger partial charge in [0.05, 0.1) is 0 Å². The van der Waals surface area contributed by atoms with E-state index in [-0.39, 0.29) is 34.3 Å². The van der Waals surface area contributed by atoms with E-state index in [1.807, 2.05) is 0 Å². The fourth-order valence-corrected chi connectivity index (χ4v) is 4.01. The molecule has 1 aliphatic rings. The Bertz CT molecular complexity index is 1200. The van der Waals surface area contributed by atoms with Gasteiger partial charge in [-0.2, -0.15) is 4.99 Å². The number of aliphatic imine (C=N–C) groups is 1. The Morgan fingerprint density at radius 3 is 2.34 bits per heavy atom. The fraction of sp³-hybridized carbons (Fsp3) is 0.250. The number of amides is 1. The Hall–Kier alpha value is -3.66. The summed E-state index contributed by atoms with van der Waals surface area (Å²) < 4.78 is 40.7. The van der Waals surface area contributed by atoms with E-state index < -0.39 is 23.4 Å². The molecule has 2 aromatic carbocycles. The number of carbonyl (C=O) groups excluding carboxylic acids is 1. The summed E-state index contributed by atoms with van der Waals surface area (Å²) in [6.07, 6.45) is 6.44. The number of rotatable bonds is 5. The summed E-state index contributed by atoms with van der Waals surface area (Å²) in [6, 6.07) is 8.49. The van der Waals surface area contributed by atoms with Crippen LogP contribution in [0.5, 0.6) is 0 Å². The third-order valence-electron chi connectivity index (χ3n) is 5.47. The van der Waals surface area contributed by atoms with Gasteiger partial charge in [0.2, 0.25) is 11.9 Å². The lowest BCUT2D eigenvalue weighted by molar-refractivity contribution is 0.100. The average Bonchev–Trinajstić information content (AvgIpc) is 2.82. The van der Waals surface area contributed by atoms with Crippen LogP contribution < -0.4 is 16.0 Å². The first kappa shape index (κ1) is 24.5. The van der Waals surface area contributed by atoms with Crippen LogP contribution in [-0.4, -0.2) is 33.9 Å². The van der Waals surface area contributed by atoms with Crippen LogP contribution in [0.15, 0.2) is 59.9 Å². The SMILES string of the molecule is O=C(/N=C(/Nc1cc(F)cc(Cl)c1)NC1CCC(Nc2ncccn2)CC1)c1ccc(F)c(F)c1. The number of nitrogens with one attached hydrogen (secondary N) is 3. The van der Waals surface area contributed by atoms with E-state index in [9.17, 15) is 18.0 Å². The number of hydrogen-bond donors (Lipinski definition) is 3. The molecule has 1 amide bonds. The second-order valence-electron chi connectivity index (χ2n) is 8.09. The number of nitrogens with zero attached hydrogens (tertiary/aromatic N) is 3. The first-order valence-corrected chi connectivity index (χ1v) is 11.3. The Kier molecular flexibility index (Phi) is 7.81. The van der Waals surface area contributed by atoms with E-state index in [1.54, 1.807) is 18.5 Å². The van der Waals surface area contributed by atoms with Crippen molar-refractivity contribution in [3.8, 4) is 0 Å². The van der Waals surface area contributed by atoms with E-state index in [0.717, 1.165) is 49.9 Å². The molecule has 1 saturated carbocycles. The molecule has 0 unspecified atom stereocenters. The van der Waals surface area contributed by atoms with Crippen LogP contribution in [-0.2, 0) is 0 Å². The van der Waals surface area contributed by atoms with Gasteiger partial charge in [-0.15, -0.1) is 0 Å². The van der Waals surface area contributed by atoms with Crippen LogP contribution in [0.4, 0.5) is 24.8 Å². The summed E-state index contributed by atoms with van der Waals surface area (Å²) >= 11 is 5.94. The molecule has 0 saturated heterocycles. The number of aromatic nitrogens is 2. The first-order valence-electron chi connectivity index (χ1n) is 11.0. The minimum atomic E-state index is -1.15. The molecule has 4 rings (SSSR count). The highest BCUT2D eigenvalue weighted by molar-refractivity contribution is 6.31. The van der Waals surface area contributed by atoms with Crippen LogP contribution in [0.1, 0.15) is 36.0 Å². The van der Waals surface area contributed by atoms with Gasteiger partial charge in [0.15, 0.2) is 11.6 Å². The summed E-state index contributed by atoms with van der Waals surface area (Å²) in [4.78, 5) is 25.0. The quantitative estimate of drug-likeness (QED) is 0.329. The monoisotopic (exact) mass is 502 g/mol. The van der Waals surface area contributed by atoms with Gasteiger partial charge < -0.3 is 16.0 Å². The smallest absolute Gasteiger partial charge is 0.280 e. The average molecular weight is 503 g/mol. The van der Waals surface area contributed by atoms with Gasteiger partial charge in [-0.3, -0.25) is 4.79 Å². The predicted molar refractivity (Wildman–Crippen MR) is 128 cm³/mol. The number of anilines is 2. The minimum absolute atomic E-state index is 0.0437. The van der Waals surface area contributed by atoms with Crippen LogP contribution in [0.25, 0.3) is 0 Å². The molecule has 3 N–H and O–H groups in total. The van der Waals surface area contributed by atoms with Gasteiger partial charge in [0, 0.05) is 40.8 Å². The molecule has 35 heavy (non-hydrogen) atoms. The third kappa shape index (κ3) is 6.92. The third-order valence-corrected chi connectivity index (χ3v) is 5.69. The highest BCUT2D eigenvalue weighted by Gasteiger charge is 2.23. The lowest BCUT2D eigenvalue weighted by Crippen LogP contribution is -2.43. The van der Waals surface area contributed by atoms with Crippen molar-refractivity contribution in [3.63, 3.8) is 0 Å². The summed E-state index contributed by atoms with van der Waals surface area (Å²) in [5.74, 6) is -2.97. The molecule has 0 radical (unpaired) electrons. The molecule has 0 atom stereocenters. The maximum atomic E-state index is 13.8. The summed E-state index contributed by atoms with van der Waals surface area (Å²) in [6.45, 7) is 0. The molecule has 7 nitrogen and oxygen atoms in total. The predicted octanol–water partition coefficient (Wildman–Crippen LogP) is 5.17. The maximum Gasteiger partial charge on any atom is 0.280 e. The molecule has 1 aliphatic carbocycles. The summed E-state index contributed by atoms with van der Waals surface area (Å²) in [7, 11) is 0. The highest BCUT2D eigenvalue weighted by Crippen LogP contribution is 2.22. The van der Waals surface area contributed by atoms with Gasteiger partial charge in [-0.1, -0.05) is 11.6 Å². The molecule has 0 bridgehead atoms. The zero-order valence-corrected chi connectivity index (χ0v) is 19.2. The van der Waals surface area contributed by atoms with E-state index >= 15 is 0 Å². The van der Waals surface area contributed by atoms with Crippen molar-refractivity contribution < 1.29 is 18.0 Å². The van der Waals surface area contributed by atoms with Crippen molar-refractivity contribution in [1.29, 1.82) is 0 Å². The van der Waals surface area contributed by atoms with Crippen LogP contribution in [0, 0.1) is 17.5 Å². The van der Waals surface area contributed by atoms with Crippen LogP contribution >= 0.6 is 11.6 Å². The number of halogens is 4. The highest BCUT2D eigenvalue weighted by atomic mass is 35.5. The van der Waals surface area contributed by atoms with Crippen molar-refractivity contribution in [2.45, 2.75) is 37.8 Å². The first-order chi connectivity index (χ1) is 16.9. The largest absolute Gasteiger partial charge is 0.353 e. The minimum Gasteiger partial charge on any atom is -0.353 e. The van der Waals surface area contributed by atoms with E-state index in [2.05, 4.69) is 30.9 Å². The van der Waals surface area contributed by atoms with E-state index in [1.165, 1.54) is 12.1 Å². The fourth-order valence-electron chi connectivity index (χ4n) is 3.79. The normalized spacial score (nSPS) is 18.1. The van der Waals surface area contributed by atoms with Gasteiger partial charge in [-0.25, -0.2) is 23.1 Å². The van der Waals surface area contributed by atoms with Crippen LogP contribution in [0.3, 0.4) is 0 Å². The van der Waals surface area contributed by atoms with Crippen molar-refractivity contribution in [2.75, 3.05) is 10.6 Å². The zero-order chi connectivity index (χ0) is 24.8. The molecule has 1 heterocycles. The molecule has 0 spiro atoms. The molecule has 1 aromatic heterocycles. The van der Waals surface area contributed by atoms with Crippen molar-refractivity contribution in [3.05, 3.63) is 82.9 Å². The maximum absolute atomic E-state index is 13.8. The lowest BCUT2D eigenvalue weighted by Gasteiger charge is -2.30. The second kappa shape index (κ2) is 11.2. The lowest BCUT2D eigenvalue weighted by atomic mass is 9.91. The van der Waals surface area contributed by atoms with Crippen molar-refractivity contribution in [2.24, 2.45) is 4.99 Å². The zero-order valence-electron chi connectivity index (χ0n) is 18.4. The standard InChI is InChI=1S/C24H22ClF3N6O/c25-15-11-16(26)13-19(12-15)33-24(34-22(35)14-2-7-20(27)21(28)10-14)32-18-5-3-17(4-6-18)31-23-29-8-1-9-30-23/h1-2,7-13,17-18H,3-6H2,(H,29,30,31)(H2,32,33,34,35). The van der Waals surface area contributed by atoms with Crippen LogP contribution in [0.2, 0.25) is 5.02 Å². The van der Waals surface area contributed by atoms with Crippen molar-refractivity contribution >= 4 is 35.1 Å². The topological polar surface area (TPSA) is 91.3 Å². The van der Waals surface area contributed by atoms with Gasteiger partial charge in [0.25, 0.3) is 5.91 Å².